The van der Waals surface area contributed by atoms with Crippen LogP contribution >= 0.6 is 27.3 Å². The molecule has 5 heteroatoms. The van der Waals surface area contributed by atoms with Gasteiger partial charge >= 0.3 is 0 Å². The average molecular weight is 309 g/mol. The zero-order valence-electron chi connectivity index (χ0n) is 9.03. The molecule has 2 aromatic heterocycles. The van der Waals surface area contributed by atoms with E-state index >= 15 is 0 Å². The molecule has 0 radical (unpaired) electrons. The van der Waals surface area contributed by atoms with Crippen LogP contribution in [0.15, 0.2) is 32.5 Å². The molecule has 3 rings (SSSR count). The highest BCUT2D eigenvalue weighted by atomic mass is 79.9. The summed E-state index contributed by atoms with van der Waals surface area (Å²) in [6.07, 6.45) is 0. The van der Waals surface area contributed by atoms with Crippen LogP contribution in [0.25, 0.3) is 21.9 Å². The number of hydrogen-bond acceptors (Lipinski definition) is 4. The number of hydrogen-bond donors (Lipinski definition) is 1. The van der Waals surface area contributed by atoms with E-state index in [1.54, 1.807) is 17.4 Å². The third-order valence-corrected chi connectivity index (χ3v) is 4.61. The molecule has 0 spiro atoms. The summed E-state index contributed by atoms with van der Waals surface area (Å²) < 4.78 is 6.81. The summed E-state index contributed by atoms with van der Waals surface area (Å²) >= 11 is 5.11. The maximum absolute atomic E-state index is 5.71. The van der Waals surface area contributed by atoms with Crippen LogP contribution in [0.1, 0.15) is 5.56 Å². The first kappa shape index (κ1) is 10.8. The number of oxazole rings is 1. The van der Waals surface area contributed by atoms with E-state index in [2.05, 4.69) is 27.0 Å². The third kappa shape index (κ3) is 1.85. The maximum Gasteiger partial charge on any atom is 0.237 e. The first-order valence-electron chi connectivity index (χ1n) is 5.06. The second-order valence-electron chi connectivity index (χ2n) is 3.81. The van der Waals surface area contributed by atoms with Crippen molar-refractivity contribution in [1.29, 1.82) is 0 Å². The van der Waals surface area contributed by atoms with E-state index in [1.165, 1.54) is 5.56 Å². The summed E-state index contributed by atoms with van der Waals surface area (Å²) in [7, 11) is 0. The minimum Gasteiger partial charge on any atom is -0.435 e. The summed E-state index contributed by atoms with van der Waals surface area (Å²) in [5, 5.41) is 0. The maximum atomic E-state index is 5.71. The Morgan fingerprint density at radius 3 is 2.88 bits per heavy atom. The standard InChI is InChI=1S/C12H9BrN2OS/c1-6-4-10(17-11(6)13)12-15-8-3-2-7(14)5-9(8)16-12/h2-5H,14H2,1H3. The van der Waals surface area contributed by atoms with Gasteiger partial charge in [0, 0.05) is 11.8 Å². The van der Waals surface area contributed by atoms with Crippen molar-refractivity contribution in [2.45, 2.75) is 6.92 Å². The van der Waals surface area contributed by atoms with E-state index in [0.29, 0.717) is 11.6 Å². The largest absolute Gasteiger partial charge is 0.435 e. The number of nitrogen functional groups attached to an aromatic ring is 1. The van der Waals surface area contributed by atoms with Crippen LogP contribution in [0.3, 0.4) is 0 Å². The molecule has 0 aliphatic carbocycles. The Hall–Kier alpha value is -1.33. The molecule has 17 heavy (non-hydrogen) atoms. The molecular formula is C12H9BrN2OS. The summed E-state index contributed by atoms with van der Waals surface area (Å²) in [5.41, 5.74) is 9.13. The van der Waals surface area contributed by atoms with E-state index in [1.807, 2.05) is 19.1 Å². The van der Waals surface area contributed by atoms with Crippen LogP contribution in [0.4, 0.5) is 5.69 Å². The fourth-order valence-corrected chi connectivity index (χ4v) is 3.07. The first-order valence-corrected chi connectivity index (χ1v) is 6.67. The number of benzene rings is 1. The highest BCUT2D eigenvalue weighted by molar-refractivity contribution is 9.11. The van der Waals surface area contributed by atoms with Gasteiger partial charge in [0.15, 0.2) is 5.58 Å². The number of halogens is 1. The van der Waals surface area contributed by atoms with Crippen LogP contribution < -0.4 is 5.73 Å². The van der Waals surface area contributed by atoms with Crippen LogP contribution in [0.2, 0.25) is 0 Å². The lowest BCUT2D eigenvalue weighted by molar-refractivity contribution is 0.622. The van der Waals surface area contributed by atoms with Gasteiger partial charge in [-0.15, -0.1) is 11.3 Å². The van der Waals surface area contributed by atoms with E-state index in [0.717, 1.165) is 19.8 Å². The van der Waals surface area contributed by atoms with Crippen LogP contribution in [-0.4, -0.2) is 4.98 Å². The third-order valence-electron chi connectivity index (χ3n) is 2.48. The number of rotatable bonds is 1. The number of fused-ring (bicyclic) bond motifs is 1. The predicted molar refractivity (Wildman–Crippen MR) is 74.2 cm³/mol. The van der Waals surface area contributed by atoms with Gasteiger partial charge in [-0.3, -0.25) is 0 Å². The van der Waals surface area contributed by atoms with Crippen molar-refractivity contribution in [3.05, 3.63) is 33.6 Å². The normalized spacial score (nSPS) is 11.2. The quantitative estimate of drug-likeness (QED) is 0.685. The van der Waals surface area contributed by atoms with E-state index in [9.17, 15) is 0 Å². The molecule has 0 saturated heterocycles. The zero-order valence-corrected chi connectivity index (χ0v) is 11.4. The monoisotopic (exact) mass is 308 g/mol. The topological polar surface area (TPSA) is 52.0 Å². The Bertz CT molecular complexity index is 682. The summed E-state index contributed by atoms with van der Waals surface area (Å²) in [6, 6.07) is 7.54. The van der Waals surface area contributed by atoms with Gasteiger partial charge in [-0.1, -0.05) is 0 Å². The minimum atomic E-state index is 0.643. The van der Waals surface area contributed by atoms with Crippen molar-refractivity contribution in [3.63, 3.8) is 0 Å². The lowest BCUT2D eigenvalue weighted by Gasteiger charge is -1.88. The molecule has 3 aromatic rings. The molecule has 0 unspecified atom stereocenters. The lowest BCUT2D eigenvalue weighted by atomic mass is 10.3. The van der Waals surface area contributed by atoms with Gasteiger partial charge in [-0.2, -0.15) is 0 Å². The second kappa shape index (κ2) is 3.85. The van der Waals surface area contributed by atoms with Gasteiger partial charge < -0.3 is 10.2 Å². The predicted octanol–water partition coefficient (Wildman–Crippen LogP) is 4.21. The van der Waals surface area contributed by atoms with Gasteiger partial charge in [0.2, 0.25) is 5.89 Å². The Labute approximate surface area is 110 Å². The molecule has 0 saturated carbocycles. The number of anilines is 1. The molecular weight excluding hydrogens is 300 g/mol. The molecule has 1 aromatic carbocycles. The highest BCUT2D eigenvalue weighted by Gasteiger charge is 2.12. The number of aromatic nitrogens is 1. The van der Waals surface area contributed by atoms with E-state index in [-0.39, 0.29) is 0 Å². The SMILES string of the molecule is Cc1cc(-c2nc3ccc(N)cc3o2)sc1Br. The molecule has 2 N–H and O–H groups in total. The molecule has 0 fully saturated rings. The van der Waals surface area contributed by atoms with E-state index < -0.39 is 0 Å². The molecule has 2 heterocycles. The van der Waals surface area contributed by atoms with Crippen LogP contribution in [0.5, 0.6) is 0 Å². The van der Waals surface area contributed by atoms with Crippen molar-refractivity contribution >= 4 is 44.1 Å². The summed E-state index contributed by atoms with van der Waals surface area (Å²) in [6.45, 7) is 2.05. The Kier molecular flexibility index (Phi) is 2.45. The van der Waals surface area contributed by atoms with Gasteiger partial charge in [0.25, 0.3) is 0 Å². The van der Waals surface area contributed by atoms with Crippen molar-refractivity contribution in [2.24, 2.45) is 0 Å². The van der Waals surface area contributed by atoms with Crippen molar-refractivity contribution in [3.8, 4) is 10.8 Å². The molecule has 3 nitrogen and oxygen atoms in total. The molecule has 0 atom stereocenters. The highest BCUT2D eigenvalue weighted by Crippen LogP contribution is 2.35. The van der Waals surface area contributed by atoms with Crippen LogP contribution in [0, 0.1) is 6.92 Å². The molecule has 0 amide bonds. The Morgan fingerprint density at radius 1 is 1.35 bits per heavy atom. The number of nitrogens with zero attached hydrogens (tertiary/aromatic N) is 1. The lowest BCUT2D eigenvalue weighted by Crippen LogP contribution is -1.81. The number of aryl methyl sites for hydroxylation is 1. The van der Waals surface area contributed by atoms with Gasteiger partial charge in [-0.25, -0.2) is 4.98 Å². The Morgan fingerprint density at radius 2 is 2.18 bits per heavy atom. The molecule has 0 aliphatic heterocycles. The van der Waals surface area contributed by atoms with Crippen molar-refractivity contribution in [1.82, 2.24) is 4.98 Å². The van der Waals surface area contributed by atoms with Crippen LogP contribution in [-0.2, 0) is 0 Å². The van der Waals surface area contributed by atoms with Gasteiger partial charge in [0.05, 0.1) is 8.66 Å². The van der Waals surface area contributed by atoms with Gasteiger partial charge in [-0.05, 0) is 46.6 Å². The van der Waals surface area contributed by atoms with Crippen molar-refractivity contribution in [2.75, 3.05) is 5.73 Å². The smallest absolute Gasteiger partial charge is 0.237 e. The number of nitrogens with two attached hydrogens (primary N) is 1. The average Bonchev–Trinajstić information content (AvgIpc) is 2.83. The zero-order chi connectivity index (χ0) is 12.0. The van der Waals surface area contributed by atoms with Gasteiger partial charge in [0.1, 0.15) is 5.52 Å². The van der Waals surface area contributed by atoms with Crippen molar-refractivity contribution < 1.29 is 4.42 Å². The number of thiophene rings is 1. The fraction of sp³-hybridized carbons (Fsp3) is 0.0833. The summed E-state index contributed by atoms with van der Waals surface area (Å²) in [4.78, 5) is 5.46. The second-order valence-corrected chi connectivity index (χ2v) is 6.18. The first-order chi connectivity index (χ1) is 8.13. The minimum absolute atomic E-state index is 0.643. The Balaban J connectivity index is 2.17. The summed E-state index contributed by atoms with van der Waals surface area (Å²) in [5.74, 6) is 0.643. The molecule has 0 aliphatic rings. The molecule has 0 bridgehead atoms. The molecule has 86 valence electrons. The fourth-order valence-electron chi connectivity index (χ4n) is 1.61. The van der Waals surface area contributed by atoms with E-state index in [4.69, 9.17) is 10.2 Å².